The minimum atomic E-state index is -0.489. The van der Waals surface area contributed by atoms with E-state index in [0.717, 1.165) is 11.1 Å². The van der Waals surface area contributed by atoms with Gasteiger partial charge in [0.25, 0.3) is 5.91 Å². The SMILES string of the molecule is CC12NNC(=O)C1=NC/C2=C/c1ccc(Cl)cc1. The van der Waals surface area contributed by atoms with Crippen molar-refractivity contribution in [3.05, 3.63) is 40.4 Å². The van der Waals surface area contributed by atoms with Gasteiger partial charge in [-0.3, -0.25) is 15.2 Å². The third-order valence-corrected chi connectivity index (χ3v) is 3.63. The zero-order valence-electron chi connectivity index (χ0n) is 9.83. The first kappa shape index (κ1) is 11.4. The molecule has 1 aromatic carbocycles. The highest BCUT2D eigenvalue weighted by Crippen LogP contribution is 2.29. The second kappa shape index (κ2) is 3.93. The Morgan fingerprint density at radius 3 is 2.83 bits per heavy atom. The molecule has 0 spiro atoms. The van der Waals surface area contributed by atoms with Crippen molar-refractivity contribution in [2.75, 3.05) is 6.54 Å². The van der Waals surface area contributed by atoms with Crippen molar-refractivity contribution in [3.63, 3.8) is 0 Å². The molecule has 2 N–H and O–H groups in total. The van der Waals surface area contributed by atoms with Crippen molar-refractivity contribution in [1.82, 2.24) is 10.9 Å². The van der Waals surface area contributed by atoms with Gasteiger partial charge in [-0.1, -0.05) is 29.8 Å². The minimum absolute atomic E-state index is 0.142. The lowest BCUT2D eigenvalue weighted by Crippen LogP contribution is -2.44. The second-order valence-corrected chi connectivity index (χ2v) is 5.03. The molecule has 0 radical (unpaired) electrons. The minimum Gasteiger partial charge on any atom is -0.285 e. The molecule has 18 heavy (non-hydrogen) atoms. The lowest BCUT2D eigenvalue weighted by Gasteiger charge is -2.20. The van der Waals surface area contributed by atoms with Crippen molar-refractivity contribution >= 4 is 29.3 Å². The summed E-state index contributed by atoms with van der Waals surface area (Å²) in [4.78, 5) is 15.8. The maximum atomic E-state index is 11.6. The molecule has 3 rings (SSSR count). The van der Waals surface area contributed by atoms with E-state index < -0.39 is 5.54 Å². The number of hydrogen-bond acceptors (Lipinski definition) is 3. The average Bonchev–Trinajstić information content (AvgIpc) is 2.82. The Balaban J connectivity index is 1.96. The molecule has 1 saturated heterocycles. The summed E-state index contributed by atoms with van der Waals surface area (Å²) in [7, 11) is 0. The van der Waals surface area contributed by atoms with Crippen LogP contribution in [0.15, 0.2) is 34.8 Å². The number of carbonyl (C=O) groups is 1. The van der Waals surface area contributed by atoms with E-state index in [1.807, 2.05) is 37.3 Å². The first-order chi connectivity index (χ1) is 8.59. The van der Waals surface area contributed by atoms with E-state index in [1.54, 1.807) is 0 Å². The second-order valence-electron chi connectivity index (χ2n) is 4.59. The van der Waals surface area contributed by atoms with Crippen LogP contribution in [0.2, 0.25) is 5.02 Å². The van der Waals surface area contributed by atoms with Gasteiger partial charge in [0, 0.05) is 5.02 Å². The number of nitrogens with zero attached hydrogens (tertiary/aromatic N) is 1. The molecular formula is C13H12ClN3O. The third kappa shape index (κ3) is 1.65. The Morgan fingerprint density at radius 2 is 2.11 bits per heavy atom. The van der Waals surface area contributed by atoms with Gasteiger partial charge in [0.1, 0.15) is 11.3 Å². The molecule has 0 saturated carbocycles. The molecule has 0 aromatic heterocycles. The highest BCUT2D eigenvalue weighted by molar-refractivity contribution is 6.45. The van der Waals surface area contributed by atoms with E-state index in [9.17, 15) is 4.79 Å². The zero-order valence-corrected chi connectivity index (χ0v) is 10.6. The van der Waals surface area contributed by atoms with E-state index in [1.165, 1.54) is 0 Å². The maximum absolute atomic E-state index is 11.6. The van der Waals surface area contributed by atoms with Crippen LogP contribution in [0.4, 0.5) is 0 Å². The van der Waals surface area contributed by atoms with Gasteiger partial charge in [-0.15, -0.1) is 0 Å². The maximum Gasteiger partial charge on any atom is 0.281 e. The molecule has 1 amide bonds. The molecule has 4 nitrogen and oxygen atoms in total. The summed E-state index contributed by atoms with van der Waals surface area (Å²) in [6, 6.07) is 7.58. The molecule has 2 aliphatic rings. The van der Waals surface area contributed by atoms with Crippen LogP contribution in [-0.4, -0.2) is 23.7 Å². The topological polar surface area (TPSA) is 53.5 Å². The number of nitrogens with one attached hydrogen (secondary N) is 2. The van der Waals surface area contributed by atoms with Crippen molar-refractivity contribution < 1.29 is 4.79 Å². The number of fused-ring (bicyclic) bond motifs is 1. The fourth-order valence-electron chi connectivity index (χ4n) is 2.26. The molecule has 92 valence electrons. The van der Waals surface area contributed by atoms with Gasteiger partial charge >= 0.3 is 0 Å². The third-order valence-electron chi connectivity index (χ3n) is 3.38. The average molecular weight is 262 g/mol. The van der Waals surface area contributed by atoms with Crippen molar-refractivity contribution in [2.24, 2.45) is 4.99 Å². The fraction of sp³-hybridized carbons (Fsp3) is 0.231. The number of aliphatic imine (C=N–C) groups is 1. The van der Waals surface area contributed by atoms with Gasteiger partial charge in [0.2, 0.25) is 0 Å². The fourth-order valence-corrected chi connectivity index (χ4v) is 2.39. The summed E-state index contributed by atoms with van der Waals surface area (Å²) in [5.74, 6) is -0.142. The van der Waals surface area contributed by atoms with Crippen LogP contribution in [-0.2, 0) is 4.79 Å². The molecule has 1 fully saturated rings. The standard InChI is InChI=1S/C13H12ClN3O/c1-13-9(6-8-2-4-10(14)5-3-8)7-15-11(13)12(18)16-17-13/h2-6,17H,7H2,1H3,(H,16,18)/b9-6-. The molecule has 0 bridgehead atoms. The van der Waals surface area contributed by atoms with Crippen LogP contribution < -0.4 is 10.9 Å². The van der Waals surface area contributed by atoms with E-state index in [2.05, 4.69) is 15.8 Å². The molecule has 0 aliphatic carbocycles. The van der Waals surface area contributed by atoms with Gasteiger partial charge in [0.05, 0.1) is 6.54 Å². The number of amides is 1. The summed E-state index contributed by atoms with van der Waals surface area (Å²) in [6.45, 7) is 2.51. The van der Waals surface area contributed by atoms with Crippen molar-refractivity contribution in [1.29, 1.82) is 0 Å². The van der Waals surface area contributed by atoms with Crippen LogP contribution in [0.25, 0.3) is 6.08 Å². The predicted molar refractivity (Wildman–Crippen MR) is 71.4 cm³/mol. The van der Waals surface area contributed by atoms with Crippen LogP contribution in [0.3, 0.4) is 0 Å². The van der Waals surface area contributed by atoms with Crippen LogP contribution in [0.5, 0.6) is 0 Å². The summed E-state index contributed by atoms with van der Waals surface area (Å²) in [6.07, 6.45) is 2.04. The highest BCUT2D eigenvalue weighted by atomic mass is 35.5. The molecule has 5 heteroatoms. The molecule has 1 atom stereocenters. The summed E-state index contributed by atoms with van der Waals surface area (Å²) in [5.41, 5.74) is 7.79. The largest absolute Gasteiger partial charge is 0.285 e. The van der Waals surface area contributed by atoms with E-state index in [4.69, 9.17) is 11.6 Å². The van der Waals surface area contributed by atoms with E-state index in [0.29, 0.717) is 17.3 Å². The van der Waals surface area contributed by atoms with Crippen molar-refractivity contribution in [2.45, 2.75) is 12.5 Å². The number of hydrazine groups is 1. The molecule has 2 aliphatic heterocycles. The number of rotatable bonds is 1. The number of carbonyl (C=O) groups excluding carboxylic acids is 1. The number of hydrogen-bond donors (Lipinski definition) is 2. The Kier molecular flexibility index (Phi) is 2.50. The number of benzene rings is 1. The summed E-state index contributed by atoms with van der Waals surface area (Å²) >= 11 is 5.85. The Bertz CT molecular complexity index is 576. The first-order valence-electron chi connectivity index (χ1n) is 5.69. The quantitative estimate of drug-likeness (QED) is 0.806. The molecule has 1 unspecified atom stereocenters. The molecule has 2 heterocycles. The Hall–Kier alpha value is -1.65. The lowest BCUT2D eigenvalue weighted by atomic mass is 9.90. The van der Waals surface area contributed by atoms with E-state index in [-0.39, 0.29) is 5.91 Å². The zero-order chi connectivity index (χ0) is 12.8. The van der Waals surface area contributed by atoms with Crippen LogP contribution in [0.1, 0.15) is 12.5 Å². The van der Waals surface area contributed by atoms with Gasteiger partial charge in [-0.05, 0) is 30.2 Å². The van der Waals surface area contributed by atoms with Gasteiger partial charge in [0.15, 0.2) is 0 Å². The first-order valence-corrected chi connectivity index (χ1v) is 6.06. The Morgan fingerprint density at radius 1 is 1.39 bits per heavy atom. The van der Waals surface area contributed by atoms with Crippen LogP contribution in [0, 0.1) is 0 Å². The monoisotopic (exact) mass is 261 g/mol. The van der Waals surface area contributed by atoms with Crippen LogP contribution >= 0.6 is 11.6 Å². The smallest absolute Gasteiger partial charge is 0.281 e. The lowest BCUT2D eigenvalue weighted by molar-refractivity contribution is -0.114. The Labute approximate surface area is 110 Å². The number of halogens is 1. The highest BCUT2D eigenvalue weighted by Gasteiger charge is 2.47. The van der Waals surface area contributed by atoms with E-state index >= 15 is 0 Å². The summed E-state index contributed by atoms with van der Waals surface area (Å²) in [5, 5.41) is 0.711. The predicted octanol–water partition coefficient (Wildman–Crippen LogP) is 1.57. The molecule has 1 aromatic rings. The van der Waals surface area contributed by atoms with Gasteiger partial charge in [-0.2, -0.15) is 0 Å². The normalized spacial score (nSPS) is 28.2. The van der Waals surface area contributed by atoms with Crippen molar-refractivity contribution in [3.8, 4) is 0 Å². The van der Waals surface area contributed by atoms with Gasteiger partial charge < -0.3 is 0 Å². The summed E-state index contributed by atoms with van der Waals surface area (Å²) < 4.78 is 0. The van der Waals surface area contributed by atoms with Gasteiger partial charge in [-0.25, -0.2) is 5.43 Å². The molecular weight excluding hydrogens is 250 g/mol.